The van der Waals surface area contributed by atoms with Crippen LogP contribution in [0.25, 0.3) is 21.8 Å². The normalized spacial score (nSPS) is 11.9. The summed E-state index contributed by atoms with van der Waals surface area (Å²) in [6, 6.07) is 13.8. The smallest absolute Gasteiger partial charge is 0.0493 e. The molecule has 0 atom stereocenters. The fourth-order valence-corrected chi connectivity index (χ4v) is 3.40. The van der Waals surface area contributed by atoms with Crippen LogP contribution in [0, 0.1) is 6.92 Å². The van der Waals surface area contributed by atoms with E-state index in [9.17, 15) is 0 Å². The molecule has 0 amide bonds. The summed E-state index contributed by atoms with van der Waals surface area (Å²) >= 11 is 0. The molecule has 0 aliphatic carbocycles. The molecule has 0 spiro atoms. The molecule has 1 aromatic heterocycles. The lowest BCUT2D eigenvalue weighted by Crippen LogP contribution is -2.21. The number of fused-ring (bicyclic) bond motifs is 3. The van der Waals surface area contributed by atoms with Gasteiger partial charge in [-0.05, 0) is 56.3 Å². The molecular weight excluding hydrogens is 268 g/mol. The number of nitrogens with zero attached hydrogens (tertiary/aromatic N) is 2. The molecule has 22 heavy (non-hydrogen) atoms. The second kappa shape index (κ2) is 6.13. The van der Waals surface area contributed by atoms with E-state index in [-0.39, 0.29) is 0 Å². The van der Waals surface area contributed by atoms with Gasteiger partial charge in [-0.3, -0.25) is 4.90 Å². The first-order valence-electron chi connectivity index (χ1n) is 8.41. The first-order chi connectivity index (χ1) is 10.7. The van der Waals surface area contributed by atoms with Crippen molar-refractivity contribution in [2.45, 2.75) is 40.8 Å². The summed E-state index contributed by atoms with van der Waals surface area (Å²) in [4.78, 5) is 2.46. The van der Waals surface area contributed by atoms with Gasteiger partial charge in [0.05, 0.1) is 0 Å². The molecule has 0 aliphatic rings. The molecule has 116 valence electrons. The maximum atomic E-state index is 2.46. The quantitative estimate of drug-likeness (QED) is 0.645. The number of hydrogen-bond donors (Lipinski definition) is 0. The van der Waals surface area contributed by atoms with Crippen molar-refractivity contribution in [1.29, 1.82) is 0 Å². The number of hydrogen-bond acceptors (Lipinski definition) is 1. The molecule has 2 heteroatoms. The van der Waals surface area contributed by atoms with E-state index in [1.165, 1.54) is 32.9 Å². The predicted molar refractivity (Wildman–Crippen MR) is 96.5 cm³/mol. The van der Waals surface area contributed by atoms with Crippen LogP contribution in [0.5, 0.6) is 0 Å². The highest BCUT2D eigenvalue weighted by molar-refractivity contribution is 6.08. The Bertz CT molecular complexity index is 794. The zero-order valence-corrected chi connectivity index (χ0v) is 14.2. The Morgan fingerprint density at radius 2 is 1.64 bits per heavy atom. The zero-order valence-electron chi connectivity index (χ0n) is 14.2. The summed E-state index contributed by atoms with van der Waals surface area (Å²) in [6.45, 7) is 13.1. The minimum absolute atomic E-state index is 1.01. The van der Waals surface area contributed by atoms with Gasteiger partial charge in [-0.1, -0.05) is 32.0 Å². The highest BCUT2D eigenvalue weighted by Gasteiger charge is 2.11. The van der Waals surface area contributed by atoms with Gasteiger partial charge in [-0.25, -0.2) is 0 Å². The monoisotopic (exact) mass is 294 g/mol. The maximum Gasteiger partial charge on any atom is 0.0493 e. The first kappa shape index (κ1) is 15.1. The fraction of sp³-hybridized carbons (Fsp3) is 0.400. The van der Waals surface area contributed by atoms with Crippen molar-refractivity contribution in [3.8, 4) is 0 Å². The van der Waals surface area contributed by atoms with E-state index < -0.39 is 0 Å². The highest BCUT2D eigenvalue weighted by Crippen LogP contribution is 2.30. The van der Waals surface area contributed by atoms with Gasteiger partial charge in [0.2, 0.25) is 0 Å². The average Bonchev–Trinajstić information content (AvgIpc) is 2.84. The predicted octanol–water partition coefficient (Wildman–Crippen LogP) is 4.96. The lowest BCUT2D eigenvalue weighted by atomic mass is 10.1. The van der Waals surface area contributed by atoms with E-state index in [4.69, 9.17) is 0 Å². The van der Waals surface area contributed by atoms with E-state index in [1.54, 1.807) is 0 Å². The number of rotatable bonds is 5. The Morgan fingerprint density at radius 1 is 0.864 bits per heavy atom. The molecule has 3 rings (SSSR count). The zero-order chi connectivity index (χ0) is 15.7. The van der Waals surface area contributed by atoms with Gasteiger partial charge < -0.3 is 4.57 Å². The lowest BCUT2D eigenvalue weighted by molar-refractivity contribution is 0.296. The van der Waals surface area contributed by atoms with Crippen molar-refractivity contribution in [1.82, 2.24) is 9.47 Å². The van der Waals surface area contributed by atoms with Crippen LogP contribution in [0.15, 0.2) is 36.4 Å². The summed E-state index contributed by atoms with van der Waals surface area (Å²) in [5, 5.41) is 2.77. The molecule has 0 unspecified atom stereocenters. The first-order valence-corrected chi connectivity index (χ1v) is 8.41. The van der Waals surface area contributed by atoms with Gasteiger partial charge in [0.25, 0.3) is 0 Å². The molecule has 0 fully saturated rings. The van der Waals surface area contributed by atoms with Crippen LogP contribution in [0.4, 0.5) is 0 Å². The third-order valence-electron chi connectivity index (χ3n) is 4.70. The molecule has 0 saturated heterocycles. The number of aryl methyl sites for hydroxylation is 2. The number of benzene rings is 2. The second-order valence-electron chi connectivity index (χ2n) is 6.08. The third-order valence-corrected chi connectivity index (χ3v) is 4.70. The fourth-order valence-electron chi connectivity index (χ4n) is 3.40. The van der Waals surface area contributed by atoms with Gasteiger partial charge in [0, 0.05) is 34.9 Å². The summed E-state index contributed by atoms with van der Waals surface area (Å²) in [7, 11) is 0. The van der Waals surface area contributed by atoms with E-state index in [1.807, 2.05) is 0 Å². The SMILES string of the molecule is CCN(CC)Cc1ccc2c(c1)c1ccc(C)cc1n2CC. The van der Waals surface area contributed by atoms with Gasteiger partial charge >= 0.3 is 0 Å². The van der Waals surface area contributed by atoms with E-state index in [0.717, 1.165) is 26.2 Å². The van der Waals surface area contributed by atoms with E-state index >= 15 is 0 Å². The van der Waals surface area contributed by atoms with Crippen LogP contribution in [0.3, 0.4) is 0 Å². The molecule has 0 saturated carbocycles. The molecule has 0 radical (unpaired) electrons. The van der Waals surface area contributed by atoms with Crippen LogP contribution in [0.1, 0.15) is 31.9 Å². The van der Waals surface area contributed by atoms with Crippen molar-refractivity contribution in [3.63, 3.8) is 0 Å². The summed E-state index contributed by atoms with van der Waals surface area (Å²) in [5.41, 5.74) is 5.45. The Labute approximate surface area is 133 Å². The van der Waals surface area contributed by atoms with Crippen LogP contribution < -0.4 is 0 Å². The topological polar surface area (TPSA) is 8.17 Å². The maximum absolute atomic E-state index is 2.46. The third kappa shape index (κ3) is 2.52. The van der Waals surface area contributed by atoms with Crippen molar-refractivity contribution >= 4 is 21.8 Å². The van der Waals surface area contributed by atoms with Crippen LogP contribution in [-0.2, 0) is 13.1 Å². The molecule has 1 heterocycles. The Kier molecular flexibility index (Phi) is 4.21. The van der Waals surface area contributed by atoms with Gasteiger partial charge in [-0.15, -0.1) is 0 Å². The number of aromatic nitrogens is 1. The van der Waals surface area contributed by atoms with Gasteiger partial charge in [-0.2, -0.15) is 0 Å². The Balaban J connectivity index is 2.17. The molecule has 0 aliphatic heterocycles. The highest BCUT2D eigenvalue weighted by atomic mass is 15.1. The molecule has 2 nitrogen and oxygen atoms in total. The molecule has 2 aromatic carbocycles. The molecule has 0 N–H and O–H groups in total. The van der Waals surface area contributed by atoms with E-state index in [0.29, 0.717) is 0 Å². The lowest BCUT2D eigenvalue weighted by Gasteiger charge is -2.18. The Hall–Kier alpha value is -1.80. The van der Waals surface area contributed by atoms with Crippen LogP contribution in [0.2, 0.25) is 0 Å². The summed E-state index contributed by atoms with van der Waals surface area (Å²) in [5.74, 6) is 0. The van der Waals surface area contributed by atoms with Crippen molar-refractivity contribution < 1.29 is 0 Å². The van der Waals surface area contributed by atoms with Gasteiger partial charge in [0.15, 0.2) is 0 Å². The Morgan fingerprint density at radius 3 is 2.32 bits per heavy atom. The van der Waals surface area contributed by atoms with E-state index in [2.05, 4.69) is 73.6 Å². The minimum Gasteiger partial charge on any atom is -0.341 e. The largest absolute Gasteiger partial charge is 0.341 e. The van der Waals surface area contributed by atoms with Crippen LogP contribution >= 0.6 is 0 Å². The standard InChI is InChI=1S/C20H26N2/c1-5-21(6-2)14-16-9-11-19-18(13-16)17-10-8-15(4)12-20(17)22(19)7-3/h8-13H,5-7,14H2,1-4H3. The minimum atomic E-state index is 1.01. The van der Waals surface area contributed by atoms with Crippen molar-refractivity contribution in [3.05, 3.63) is 47.5 Å². The average molecular weight is 294 g/mol. The molecular formula is C20H26N2. The van der Waals surface area contributed by atoms with Crippen LogP contribution in [-0.4, -0.2) is 22.6 Å². The second-order valence-corrected chi connectivity index (χ2v) is 6.08. The summed E-state index contributed by atoms with van der Waals surface area (Å²) in [6.07, 6.45) is 0. The molecule has 3 aromatic rings. The van der Waals surface area contributed by atoms with Crippen molar-refractivity contribution in [2.24, 2.45) is 0 Å². The van der Waals surface area contributed by atoms with Gasteiger partial charge in [0.1, 0.15) is 0 Å². The summed E-state index contributed by atoms with van der Waals surface area (Å²) < 4.78 is 2.43. The van der Waals surface area contributed by atoms with Crippen molar-refractivity contribution in [2.75, 3.05) is 13.1 Å². The molecule has 0 bridgehead atoms.